The van der Waals surface area contributed by atoms with Crippen molar-refractivity contribution >= 4 is 40.7 Å². The number of imidazole rings is 1. The molecule has 0 fully saturated rings. The molecule has 2 heterocycles. The molecule has 3 rings (SSSR count). The maximum Gasteiger partial charge on any atom is 0.230 e. The molecular formula is C18H15ClFN3O2S. The molecule has 0 radical (unpaired) electrons. The number of hydrogen-bond acceptors (Lipinski definition) is 4. The number of thioether (sulfide) groups is 1. The van der Waals surface area contributed by atoms with Crippen LogP contribution in [-0.2, 0) is 11.3 Å². The van der Waals surface area contributed by atoms with Crippen molar-refractivity contribution in [2.24, 2.45) is 0 Å². The van der Waals surface area contributed by atoms with E-state index in [-0.39, 0.29) is 24.0 Å². The van der Waals surface area contributed by atoms with Gasteiger partial charge in [0.05, 0.1) is 23.0 Å². The molecule has 1 amide bonds. The fraction of sp³-hybridized carbons (Fsp3) is 0.167. The number of halogens is 2. The molecule has 3 aromatic rings. The van der Waals surface area contributed by atoms with Gasteiger partial charge in [0.1, 0.15) is 11.5 Å². The first-order valence-electron chi connectivity index (χ1n) is 7.75. The van der Waals surface area contributed by atoms with Gasteiger partial charge in [0, 0.05) is 22.9 Å². The summed E-state index contributed by atoms with van der Waals surface area (Å²) < 4.78 is 15.7. The number of nitrogens with zero attached hydrogens (tertiary/aromatic N) is 2. The summed E-state index contributed by atoms with van der Waals surface area (Å²) in [5.41, 5.74) is 1.74. The SMILES string of the molecule is CC(=O)c1ccc(SCC(=O)NCc2cn3cc(Cl)ccc3n2)c(F)c1. The van der Waals surface area contributed by atoms with Crippen LogP contribution in [-0.4, -0.2) is 26.8 Å². The molecule has 0 saturated carbocycles. The van der Waals surface area contributed by atoms with Crippen LogP contribution in [0.2, 0.25) is 5.02 Å². The smallest absolute Gasteiger partial charge is 0.230 e. The molecule has 134 valence electrons. The molecule has 0 aliphatic heterocycles. The number of nitrogens with one attached hydrogen (secondary N) is 1. The van der Waals surface area contributed by atoms with E-state index in [0.717, 1.165) is 17.4 Å². The van der Waals surface area contributed by atoms with Crippen LogP contribution in [0.25, 0.3) is 5.65 Å². The zero-order valence-electron chi connectivity index (χ0n) is 13.8. The van der Waals surface area contributed by atoms with Crippen molar-refractivity contribution < 1.29 is 14.0 Å². The van der Waals surface area contributed by atoms with E-state index in [1.165, 1.54) is 19.1 Å². The summed E-state index contributed by atoms with van der Waals surface area (Å²) >= 11 is 7.00. The molecule has 0 aliphatic rings. The predicted octanol–water partition coefficient (Wildman–Crippen LogP) is 3.74. The van der Waals surface area contributed by atoms with Gasteiger partial charge in [-0.3, -0.25) is 9.59 Å². The first-order valence-corrected chi connectivity index (χ1v) is 9.12. The van der Waals surface area contributed by atoms with E-state index in [1.807, 2.05) is 0 Å². The largest absolute Gasteiger partial charge is 0.350 e. The van der Waals surface area contributed by atoms with Crippen LogP contribution in [0, 0.1) is 5.82 Å². The third-order valence-electron chi connectivity index (χ3n) is 3.63. The highest BCUT2D eigenvalue weighted by atomic mass is 35.5. The van der Waals surface area contributed by atoms with Crippen LogP contribution in [0.3, 0.4) is 0 Å². The first-order chi connectivity index (χ1) is 12.4. The van der Waals surface area contributed by atoms with Crippen LogP contribution >= 0.6 is 23.4 Å². The minimum absolute atomic E-state index is 0.0650. The maximum absolute atomic E-state index is 13.9. The molecule has 5 nitrogen and oxygen atoms in total. The van der Waals surface area contributed by atoms with Gasteiger partial charge in [0.25, 0.3) is 0 Å². The average molecular weight is 392 g/mol. The summed E-state index contributed by atoms with van der Waals surface area (Å²) in [6, 6.07) is 7.78. The molecule has 0 bridgehead atoms. The highest BCUT2D eigenvalue weighted by Gasteiger charge is 2.10. The standard InChI is InChI=1S/C18H15ClFN3O2S/c1-11(24)12-2-4-16(15(20)6-12)26-10-18(25)21-7-14-9-23-8-13(19)3-5-17(23)22-14/h2-6,8-9H,7,10H2,1H3,(H,21,25). The molecule has 8 heteroatoms. The van der Waals surface area contributed by atoms with E-state index < -0.39 is 5.82 Å². The average Bonchev–Trinajstić information content (AvgIpc) is 3.00. The van der Waals surface area contributed by atoms with Gasteiger partial charge in [-0.1, -0.05) is 17.7 Å². The fourth-order valence-corrected chi connectivity index (χ4v) is 3.24. The Labute approximate surface area is 158 Å². The topological polar surface area (TPSA) is 63.5 Å². The molecule has 1 aromatic carbocycles. The van der Waals surface area contributed by atoms with Crippen molar-refractivity contribution in [2.45, 2.75) is 18.4 Å². The number of ketones is 1. The Balaban J connectivity index is 1.54. The first kappa shape index (κ1) is 18.4. The normalized spacial score (nSPS) is 10.9. The van der Waals surface area contributed by atoms with Crippen LogP contribution < -0.4 is 5.32 Å². The van der Waals surface area contributed by atoms with E-state index in [0.29, 0.717) is 21.2 Å². The van der Waals surface area contributed by atoms with Crippen LogP contribution in [0.1, 0.15) is 23.0 Å². The Hall–Kier alpha value is -2.38. The lowest BCUT2D eigenvalue weighted by molar-refractivity contribution is -0.118. The Morgan fingerprint density at radius 2 is 2.08 bits per heavy atom. The number of benzene rings is 1. The van der Waals surface area contributed by atoms with Crippen molar-refractivity contribution in [1.29, 1.82) is 0 Å². The van der Waals surface area contributed by atoms with Gasteiger partial charge in [-0.05, 0) is 31.2 Å². The number of pyridine rings is 1. The number of carbonyl (C=O) groups is 2. The van der Waals surface area contributed by atoms with Crippen molar-refractivity contribution in [1.82, 2.24) is 14.7 Å². The number of Topliss-reactive ketones (excluding diaryl/α,β-unsaturated/α-hetero) is 1. The number of carbonyl (C=O) groups excluding carboxylic acids is 2. The zero-order valence-corrected chi connectivity index (χ0v) is 15.4. The van der Waals surface area contributed by atoms with Gasteiger partial charge in [0.2, 0.25) is 5.91 Å². The van der Waals surface area contributed by atoms with E-state index in [9.17, 15) is 14.0 Å². The third-order valence-corrected chi connectivity index (χ3v) is 4.90. The van der Waals surface area contributed by atoms with Crippen molar-refractivity contribution in [3.63, 3.8) is 0 Å². The van der Waals surface area contributed by atoms with E-state index in [4.69, 9.17) is 11.6 Å². The summed E-state index contributed by atoms with van der Waals surface area (Å²) in [6.45, 7) is 1.65. The highest BCUT2D eigenvalue weighted by Crippen LogP contribution is 2.22. The van der Waals surface area contributed by atoms with Crippen molar-refractivity contribution in [3.8, 4) is 0 Å². The molecule has 0 atom stereocenters. The number of aromatic nitrogens is 2. The van der Waals surface area contributed by atoms with Crippen LogP contribution in [0.4, 0.5) is 4.39 Å². The van der Waals surface area contributed by atoms with Gasteiger partial charge in [-0.15, -0.1) is 11.8 Å². The second-order valence-electron chi connectivity index (χ2n) is 5.61. The molecule has 0 saturated heterocycles. The molecule has 0 aliphatic carbocycles. The molecule has 0 unspecified atom stereocenters. The van der Waals surface area contributed by atoms with Crippen molar-refractivity contribution in [3.05, 3.63) is 64.8 Å². The maximum atomic E-state index is 13.9. The summed E-state index contributed by atoms with van der Waals surface area (Å²) in [4.78, 5) is 27.9. The van der Waals surface area contributed by atoms with Gasteiger partial charge < -0.3 is 9.72 Å². The Morgan fingerprint density at radius 3 is 2.81 bits per heavy atom. The fourth-order valence-electron chi connectivity index (χ4n) is 2.32. The minimum Gasteiger partial charge on any atom is -0.350 e. The Kier molecular flexibility index (Phi) is 5.58. The summed E-state index contributed by atoms with van der Waals surface area (Å²) in [7, 11) is 0. The zero-order chi connectivity index (χ0) is 18.7. The van der Waals surface area contributed by atoms with E-state index in [2.05, 4.69) is 10.3 Å². The lowest BCUT2D eigenvalue weighted by Gasteiger charge is -2.05. The van der Waals surface area contributed by atoms with Gasteiger partial charge >= 0.3 is 0 Å². The number of hydrogen-bond donors (Lipinski definition) is 1. The summed E-state index contributed by atoms with van der Waals surface area (Å²) in [5, 5.41) is 3.35. The summed E-state index contributed by atoms with van der Waals surface area (Å²) in [5.74, 6) is -0.880. The lowest BCUT2D eigenvalue weighted by atomic mass is 10.1. The minimum atomic E-state index is -0.507. The quantitative estimate of drug-likeness (QED) is 0.513. The number of rotatable bonds is 6. The second kappa shape index (κ2) is 7.88. The Morgan fingerprint density at radius 1 is 1.27 bits per heavy atom. The van der Waals surface area contributed by atoms with Gasteiger partial charge in [-0.2, -0.15) is 0 Å². The molecule has 26 heavy (non-hydrogen) atoms. The molecular weight excluding hydrogens is 377 g/mol. The van der Waals surface area contributed by atoms with Crippen LogP contribution in [0.15, 0.2) is 47.6 Å². The second-order valence-corrected chi connectivity index (χ2v) is 7.07. The number of amides is 1. The number of fused-ring (bicyclic) bond motifs is 1. The van der Waals surface area contributed by atoms with Crippen LogP contribution in [0.5, 0.6) is 0 Å². The lowest BCUT2D eigenvalue weighted by Crippen LogP contribution is -2.24. The predicted molar refractivity (Wildman–Crippen MR) is 99.2 cm³/mol. The third kappa shape index (κ3) is 4.42. The van der Waals surface area contributed by atoms with E-state index >= 15 is 0 Å². The summed E-state index contributed by atoms with van der Waals surface area (Å²) in [6.07, 6.45) is 3.52. The van der Waals surface area contributed by atoms with Crippen molar-refractivity contribution in [2.75, 3.05) is 5.75 Å². The van der Waals surface area contributed by atoms with Gasteiger partial charge in [0.15, 0.2) is 5.78 Å². The van der Waals surface area contributed by atoms with Gasteiger partial charge in [-0.25, -0.2) is 9.37 Å². The monoisotopic (exact) mass is 391 g/mol. The molecule has 1 N–H and O–H groups in total. The Bertz CT molecular complexity index is 990. The van der Waals surface area contributed by atoms with E-state index in [1.54, 1.807) is 35.0 Å². The highest BCUT2D eigenvalue weighted by molar-refractivity contribution is 8.00. The molecule has 0 spiro atoms. The molecule has 2 aromatic heterocycles.